The van der Waals surface area contributed by atoms with E-state index in [1.807, 2.05) is 12.3 Å². The molecule has 66 valence electrons. The van der Waals surface area contributed by atoms with Crippen LogP contribution in [0.5, 0.6) is 0 Å². The molecule has 1 rings (SSSR count). The normalized spacial score (nSPS) is 9.75. The molecule has 0 amide bonds. The van der Waals surface area contributed by atoms with Crippen molar-refractivity contribution in [3.05, 3.63) is 10.4 Å². The summed E-state index contributed by atoms with van der Waals surface area (Å²) in [6.45, 7) is 1.94. The van der Waals surface area contributed by atoms with Gasteiger partial charge in [-0.3, -0.25) is 4.79 Å². The summed E-state index contributed by atoms with van der Waals surface area (Å²) >= 11 is 1.53. The maximum Gasteiger partial charge on any atom is 0.322 e. The van der Waals surface area contributed by atoms with Gasteiger partial charge in [0.25, 0.3) is 0 Å². The lowest BCUT2D eigenvalue weighted by Crippen LogP contribution is -2.12. The monoisotopic (exact) mass is 186 g/mol. The minimum absolute atomic E-state index is 0.0765. The number of carbonyl (C=O) groups is 1. The lowest BCUT2D eigenvalue weighted by molar-refractivity contribution is -0.134. The van der Waals surface area contributed by atoms with E-state index in [1.54, 1.807) is 0 Å². The molecule has 1 aromatic rings. The number of aliphatic carboxylic acids is 1. The largest absolute Gasteiger partial charge is 0.480 e. The van der Waals surface area contributed by atoms with Gasteiger partial charge >= 0.3 is 5.97 Å². The number of thiazole rings is 1. The maximum atomic E-state index is 10.2. The van der Waals surface area contributed by atoms with E-state index in [9.17, 15) is 4.79 Å². The van der Waals surface area contributed by atoms with Crippen molar-refractivity contribution in [1.29, 1.82) is 0 Å². The fourth-order valence-electron chi connectivity index (χ4n) is 0.721. The number of hydrogen-bond donors (Lipinski definition) is 2. The van der Waals surface area contributed by atoms with E-state index in [2.05, 4.69) is 10.3 Å². The van der Waals surface area contributed by atoms with Gasteiger partial charge in [0.05, 0.1) is 5.01 Å². The number of rotatable bonds is 4. The van der Waals surface area contributed by atoms with Gasteiger partial charge in [-0.05, 0) is 6.42 Å². The van der Waals surface area contributed by atoms with Crippen molar-refractivity contribution in [2.24, 2.45) is 0 Å². The van der Waals surface area contributed by atoms with Gasteiger partial charge in [0.15, 0.2) is 0 Å². The predicted molar refractivity (Wildman–Crippen MR) is 47.6 cm³/mol. The van der Waals surface area contributed by atoms with Crippen molar-refractivity contribution in [1.82, 2.24) is 4.98 Å². The third-order valence-corrected chi connectivity index (χ3v) is 2.27. The zero-order chi connectivity index (χ0) is 8.97. The second-order valence-electron chi connectivity index (χ2n) is 2.23. The third kappa shape index (κ3) is 2.50. The highest BCUT2D eigenvalue weighted by molar-refractivity contribution is 7.10. The van der Waals surface area contributed by atoms with Crippen LogP contribution in [0.1, 0.15) is 11.9 Å². The van der Waals surface area contributed by atoms with Crippen LogP contribution in [0.2, 0.25) is 0 Å². The van der Waals surface area contributed by atoms with E-state index in [0.717, 1.165) is 11.4 Å². The molecule has 2 N–H and O–H groups in total. The molecule has 1 aromatic heterocycles. The van der Waals surface area contributed by atoms with E-state index in [4.69, 9.17) is 5.11 Å². The quantitative estimate of drug-likeness (QED) is 0.741. The molecule has 0 aliphatic heterocycles. The topological polar surface area (TPSA) is 62.2 Å². The standard InChI is InChI=1S/C7H10N2O2S/c1-2-6-9-5(4-12-6)8-3-7(10)11/h4,8H,2-3H2,1H3,(H,10,11). The predicted octanol–water partition coefficient (Wildman–Crippen LogP) is 1.20. The van der Waals surface area contributed by atoms with E-state index in [0.29, 0.717) is 5.82 Å². The van der Waals surface area contributed by atoms with Gasteiger partial charge in [0.1, 0.15) is 12.4 Å². The molecular weight excluding hydrogens is 176 g/mol. The van der Waals surface area contributed by atoms with Crippen LogP contribution < -0.4 is 5.32 Å². The van der Waals surface area contributed by atoms with Crippen molar-refractivity contribution in [3.63, 3.8) is 0 Å². The molecular formula is C7H10N2O2S. The van der Waals surface area contributed by atoms with Crippen LogP contribution in [0.15, 0.2) is 5.38 Å². The number of anilines is 1. The first-order chi connectivity index (χ1) is 5.72. The summed E-state index contributed by atoms with van der Waals surface area (Å²) in [4.78, 5) is 14.3. The fraction of sp³-hybridized carbons (Fsp3) is 0.429. The van der Waals surface area contributed by atoms with E-state index in [1.165, 1.54) is 11.3 Å². The van der Waals surface area contributed by atoms with E-state index >= 15 is 0 Å². The van der Waals surface area contributed by atoms with Crippen LogP contribution in [0, 0.1) is 0 Å². The van der Waals surface area contributed by atoms with Crippen LogP contribution >= 0.6 is 11.3 Å². The van der Waals surface area contributed by atoms with Crippen LogP contribution in [0.4, 0.5) is 5.82 Å². The van der Waals surface area contributed by atoms with Crippen molar-refractivity contribution in [3.8, 4) is 0 Å². The lowest BCUT2D eigenvalue weighted by atomic mass is 10.5. The first kappa shape index (κ1) is 8.99. The zero-order valence-electron chi connectivity index (χ0n) is 6.70. The molecule has 0 radical (unpaired) electrons. The molecule has 0 aromatic carbocycles. The van der Waals surface area contributed by atoms with Crippen LogP contribution in [0.3, 0.4) is 0 Å². The second-order valence-corrected chi connectivity index (χ2v) is 3.17. The Balaban J connectivity index is 2.47. The summed E-state index contributed by atoms with van der Waals surface area (Å²) in [5.74, 6) is -0.222. The fourth-order valence-corrected chi connectivity index (χ4v) is 1.42. The molecule has 0 atom stereocenters. The minimum Gasteiger partial charge on any atom is -0.480 e. The van der Waals surface area contributed by atoms with Crippen LogP contribution in [-0.4, -0.2) is 22.6 Å². The zero-order valence-corrected chi connectivity index (χ0v) is 7.52. The van der Waals surface area contributed by atoms with Crippen molar-refractivity contribution in [2.75, 3.05) is 11.9 Å². The molecule has 0 fully saturated rings. The summed E-state index contributed by atoms with van der Waals surface area (Å²) in [6.07, 6.45) is 0.888. The highest BCUT2D eigenvalue weighted by Gasteiger charge is 2.00. The van der Waals surface area contributed by atoms with E-state index in [-0.39, 0.29) is 6.54 Å². The van der Waals surface area contributed by atoms with Crippen LogP contribution in [-0.2, 0) is 11.2 Å². The molecule has 0 saturated heterocycles. The first-order valence-corrected chi connectivity index (χ1v) is 4.50. The van der Waals surface area contributed by atoms with Gasteiger partial charge in [-0.15, -0.1) is 11.3 Å². The molecule has 1 heterocycles. The number of hydrogen-bond acceptors (Lipinski definition) is 4. The number of carboxylic acid groups (broad SMARTS) is 1. The van der Waals surface area contributed by atoms with Gasteiger partial charge < -0.3 is 10.4 Å². The van der Waals surface area contributed by atoms with Gasteiger partial charge in [-0.2, -0.15) is 0 Å². The van der Waals surface area contributed by atoms with E-state index < -0.39 is 5.97 Å². The van der Waals surface area contributed by atoms with Crippen molar-refractivity contribution in [2.45, 2.75) is 13.3 Å². The van der Waals surface area contributed by atoms with Gasteiger partial charge in [0, 0.05) is 5.38 Å². The summed E-state index contributed by atoms with van der Waals surface area (Å²) in [5, 5.41) is 13.9. The summed E-state index contributed by atoms with van der Waals surface area (Å²) in [6, 6.07) is 0. The summed E-state index contributed by atoms with van der Waals surface area (Å²) in [7, 11) is 0. The SMILES string of the molecule is CCc1nc(NCC(=O)O)cs1. The molecule has 0 aliphatic carbocycles. The molecule has 4 nitrogen and oxygen atoms in total. The average molecular weight is 186 g/mol. The molecule has 5 heteroatoms. The number of aromatic nitrogens is 1. The Morgan fingerprint density at radius 1 is 1.83 bits per heavy atom. The Kier molecular flexibility index (Phi) is 3.04. The van der Waals surface area contributed by atoms with Gasteiger partial charge in [-0.1, -0.05) is 6.92 Å². The van der Waals surface area contributed by atoms with Crippen LogP contribution in [0.25, 0.3) is 0 Å². The Morgan fingerprint density at radius 3 is 3.08 bits per heavy atom. The number of aryl methyl sites for hydroxylation is 1. The second kappa shape index (κ2) is 4.06. The third-order valence-electron chi connectivity index (χ3n) is 1.27. The van der Waals surface area contributed by atoms with Crippen molar-refractivity contribution >= 4 is 23.1 Å². The number of nitrogens with one attached hydrogen (secondary N) is 1. The van der Waals surface area contributed by atoms with Gasteiger partial charge in [-0.25, -0.2) is 4.98 Å². The Labute approximate surface area is 74.3 Å². The summed E-state index contributed by atoms with van der Waals surface area (Å²) < 4.78 is 0. The molecule has 0 saturated carbocycles. The van der Waals surface area contributed by atoms with Crippen molar-refractivity contribution < 1.29 is 9.90 Å². The molecule has 0 aliphatic rings. The molecule has 0 spiro atoms. The highest BCUT2D eigenvalue weighted by atomic mass is 32.1. The first-order valence-electron chi connectivity index (χ1n) is 3.62. The summed E-state index contributed by atoms with van der Waals surface area (Å²) in [5.41, 5.74) is 0. The average Bonchev–Trinajstić information content (AvgIpc) is 2.48. The maximum absolute atomic E-state index is 10.2. The highest BCUT2D eigenvalue weighted by Crippen LogP contribution is 2.13. The molecule has 12 heavy (non-hydrogen) atoms. The smallest absolute Gasteiger partial charge is 0.322 e. The molecule has 0 unspecified atom stereocenters. The number of carboxylic acids is 1. The Morgan fingerprint density at radius 2 is 2.58 bits per heavy atom. The minimum atomic E-state index is -0.874. The number of nitrogens with zero attached hydrogens (tertiary/aromatic N) is 1. The lowest BCUT2D eigenvalue weighted by Gasteiger charge is -1.95. The Hall–Kier alpha value is -1.10. The Bertz CT molecular complexity index is 272. The molecule has 0 bridgehead atoms. The van der Waals surface area contributed by atoms with Gasteiger partial charge in [0.2, 0.25) is 0 Å².